The fourth-order valence-electron chi connectivity index (χ4n) is 3.52. The van der Waals surface area contributed by atoms with E-state index in [0.29, 0.717) is 48.7 Å². The molecular weight excluding hydrogens is 471 g/mol. The van der Waals surface area contributed by atoms with Gasteiger partial charge in [0.25, 0.3) is 0 Å². The minimum absolute atomic E-state index is 0.00657. The van der Waals surface area contributed by atoms with Gasteiger partial charge in [0.1, 0.15) is 12.4 Å². The van der Waals surface area contributed by atoms with Crippen molar-refractivity contribution < 1.29 is 9.53 Å². The molecule has 3 rings (SSSR count). The Morgan fingerprint density at radius 3 is 2.59 bits per heavy atom. The summed E-state index contributed by atoms with van der Waals surface area (Å²) in [5, 5.41) is 5.82. The first-order chi connectivity index (χ1) is 16.4. The van der Waals surface area contributed by atoms with E-state index in [0.717, 1.165) is 29.0 Å². The van der Waals surface area contributed by atoms with Crippen molar-refractivity contribution in [1.29, 1.82) is 0 Å². The lowest BCUT2D eigenvalue weighted by atomic mass is 10.2. The maximum atomic E-state index is 12.9. The van der Waals surface area contributed by atoms with Gasteiger partial charge in [-0.15, -0.1) is 0 Å². The molecule has 2 aromatic rings. The molecule has 6 nitrogen and oxygen atoms in total. The molecule has 34 heavy (non-hydrogen) atoms. The van der Waals surface area contributed by atoms with Gasteiger partial charge in [-0.25, -0.2) is 0 Å². The Kier molecular flexibility index (Phi) is 9.57. The summed E-state index contributed by atoms with van der Waals surface area (Å²) in [6.07, 6.45) is 3.70. The highest BCUT2D eigenvalue weighted by Crippen LogP contribution is 2.23. The highest BCUT2D eigenvalue weighted by atomic mass is 35.5. The molecule has 180 valence electrons. The van der Waals surface area contributed by atoms with E-state index in [9.17, 15) is 4.79 Å². The van der Waals surface area contributed by atoms with Crippen LogP contribution in [0, 0.1) is 0 Å². The molecule has 2 aromatic carbocycles. The predicted molar refractivity (Wildman–Crippen MR) is 139 cm³/mol. The van der Waals surface area contributed by atoms with Crippen molar-refractivity contribution in [3.05, 3.63) is 87.9 Å². The molecule has 0 saturated carbocycles. The van der Waals surface area contributed by atoms with Gasteiger partial charge < -0.3 is 10.2 Å². The maximum absolute atomic E-state index is 12.9. The van der Waals surface area contributed by atoms with Crippen molar-refractivity contribution in [3.63, 3.8) is 0 Å². The van der Waals surface area contributed by atoms with E-state index in [2.05, 4.69) is 22.0 Å². The first-order valence-corrected chi connectivity index (χ1v) is 11.9. The monoisotopic (exact) mass is 500 g/mol. The summed E-state index contributed by atoms with van der Waals surface area (Å²) in [6.45, 7) is 10.8. The molecule has 1 heterocycles. The molecule has 0 atom stereocenters. The molecule has 8 heteroatoms. The SMILES string of the molecule is C=C(C)COc1ccc(Cl)cc1CN/N=C(\C=C\C)N1CCN(Cc2ccc(Cl)cc2)CC1=O. The van der Waals surface area contributed by atoms with E-state index in [4.69, 9.17) is 27.9 Å². The first-order valence-electron chi connectivity index (χ1n) is 11.1. The fourth-order valence-corrected chi connectivity index (χ4v) is 3.84. The standard InChI is InChI=1S/C26H30Cl2N4O2/c1-4-5-25(30-29-15-21-14-23(28)10-11-24(21)34-18-19(2)3)32-13-12-31(17-26(32)33)16-20-6-8-22(27)9-7-20/h4-11,14,29H,2,12-13,15-18H2,1,3H3/b5-4+,30-25+. The molecule has 0 aromatic heterocycles. The van der Waals surface area contributed by atoms with Crippen molar-refractivity contribution in [3.8, 4) is 5.75 Å². The van der Waals surface area contributed by atoms with Gasteiger partial charge in [0, 0.05) is 35.2 Å². The summed E-state index contributed by atoms with van der Waals surface area (Å²) in [5.74, 6) is 1.30. The van der Waals surface area contributed by atoms with Crippen LogP contribution >= 0.6 is 23.2 Å². The zero-order chi connectivity index (χ0) is 24.5. The smallest absolute Gasteiger partial charge is 0.242 e. The molecular formula is C26H30Cl2N4O2. The molecule has 1 aliphatic heterocycles. The van der Waals surface area contributed by atoms with Crippen LogP contribution in [0.3, 0.4) is 0 Å². The quantitative estimate of drug-likeness (QED) is 0.220. The molecule has 0 aliphatic carbocycles. The second kappa shape index (κ2) is 12.6. The highest BCUT2D eigenvalue weighted by molar-refractivity contribution is 6.30. The minimum atomic E-state index is 0.00657. The maximum Gasteiger partial charge on any atom is 0.242 e. The van der Waals surface area contributed by atoms with Crippen LogP contribution < -0.4 is 10.2 Å². The Labute approximate surface area is 211 Å². The second-order valence-electron chi connectivity index (χ2n) is 8.19. The largest absolute Gasteiger partial charge is 0.489 e. The number of carbonyl (C=O) groups excluding carboxylic acids is 1. The molecule has 0 bridgehead atoms. The zero-order valence-electron chi connectivity index (χ0n) is 19.6. The van der Waals surface area contributed by atoms with Crippen LogP contribution in [-0.2, 0) is 17.9 Å². The van der Waals surface area contributed by atoms with Gasteiger partial charge in [-0.1, -0.05) is 48.0 Å². The van der Waals surface area contributed by atoms with Crippen molar-refractivity contribution in [1.82, 2.24) is 15.2 Å². The van der Waals surface area contributed by atoms with E-state index in [1.807, 2.05) is 62.4 Å². The van der Waals surface area contributed by atoms with Gasteiger partial charge in [-0.05, 0) is 61.4 Å². The third-order valence-corrected chi connectivity index (χ3v) is 5.66. The molecule has 1 fully saturated rings. The lowest BCUT2D eigenvalue weighted by molar-refractivity contribution is -0.131. The van der Waals surface area contributed by atoms with Crippen LogP contribution in [0.25, 0.3) is 0 Å². The summed E-state index contributed by atoms with van der Waals surface area (Å²) >= 11 is 12.1. The molecule has 1 N–H and O–H groups in total. The Morgan fingerprint density at radius 1 is 1.18 bits per heavy atom. The summed E-state index contributed by atoms with van der Waals surface area (Å²) in [7, 11) is 0. The van der Waals surface area contributed by atoms with E-state index in [1.165, 1.54) is 0 Å². The molecule has 1 amide bonds. The van der Waals surface area contributed by atoms with E-state index >= 15 is 0 Å². The van der Waals surface area contributed by atoms with Gasteiger partial charge in [-0.3, -0.25) is 14.6 Å². The van der Waals surface area contributed by atoms with Crippen LogP contribution in [0.1, 0.15) is 25.0 Å². The Morgan fingerprint density at radius 2 is 1.91 bits per heavy atom. The van der Waals surface area contributed by atoms with Gasteiger partial charge in [0.05, 0.1) is 13.1 Å². The number of nitrogens with zero attached hydrogens (tertiary/aromatic N) is 3. The molecule has 0 spiro atoms. The number of hydrogen-bond donors (Lipinski definition) is 1. The Balaban J connectivity index is 1.63. The lowest BCUT2D eigenvalue weighted by Gasteiger charge is -2.34. The summed E-state index contributed by atoms with van der Waals surface area (Å²) < 4.78 is 5.82. The van der Waals surface area contributed by atoms with Crippen LogP contribution in [-0.4, -0.2) is 47.8 Å². The van der Waals surface area contributed by atoms with Gasteiger partial charge >= 0.3 is 0 Å². The number of rotatable bonds is 9. The number of hydrazone groups is 1. The number of allylic oxidation sites excluding steroid dienone is 1. The van der Waals surface area contributed by atoms with Crippen molar-refractivity contribution in [2.45, 2.75) is 26.9 Å². The number of halogens is 2. The van der Waals surface area contributed by atoms with E-state index < -0.39 is 0 Å². The van der Waals surface area contributed by atoms with Gasteiger partial charge in [0.2, 0.25) is 5.91 Å². The Hall–Kier alpha value is -2.80. The number of benzene rings is 2. The lowest BCUT2D eigenvalue weighted by Crippen LogP contribution is -2.52. The third kappa shape index (κ3) is 7.62. The molecule has 0 unspecified atom stereocenters. The zero-order valence-corrected chi connectivity index (χ0v) is 21.1. The fraction of sp³-hybridized carbons (Fsp3) is 0.308. The average Bonchev–Trinajstić information content (AvgIpc) is 2.80. The highest BCUT2D eigenvalue weighted by Gasteiger charge is 2.26. The number of piperazine rings is 1. The van der Waals surface area contributed by atoms with Crippen LogP contribution in [0.4, 0.5) is 0 Å². The number of hydrogen-bond acceptors (Lipinski definition) is 5. The van der Waals surface area contributed by atoms with E-state index in [1.54, 1.807) is 11.0 Å². The minimum Gasteiger partial charge on any atom is -0.489 e. The summed E-state index contributed by atoms with van der Waals surface area (Å²) in [4.78, 5) is 16.8. The Bertz CT molecular complexity index is 1070. The summed E-state index contributed by atoms with van der Waals surface area (Å²) in [5.41, 5.74) is 6.00. The molecule has 1 aliphatic rings. The van der Waals surface area contributed by atoms with Crippen molar-refractivity contribution in [2.24, 2.45) is 5.10 Å². The number of amides is 1. The summed E-state index contributed by atoms with van der Waals surface area (Å²) in [6, 6.07) is 13.2. The van der Waals surface area contributed by atoms with Crippen LogP contribution in [0.5, 0.6) is 5.75 Å². The third-order valence-electron chi connectivity index (χ3n) is 5.17. The molecule has 1 saturated heterocycles. The second-order valence-corrected chi connectivity index (χ2v) is 9.06. The number of carbonyl (C=O) groups is 1. The van der Waals surface area contributed by atoms with E-state index in [-0.39, 0.29) is 5.91 Å². The van der Waals surface area contributed by atoms with Crippen molar-refractivity contribution in [2.75, 3.05) is 26.2 Å². The number of ether oxygens (including phenoxy) is 1. The predicted octanol–water partition coefficient (Wildman–Crippen LogP) is 5.27. The average molecular weight is 501 g/mol. The van der Waals surface area contributed by atoms with Crippen LogP contribution in [0.15, 0.2) is 71.9 Å². The number of nitrogens with one attached hydrogen (secondary N) is 1. The normalized spacial score (nSPS) is 15.1. The van der Waals surface area contributed by atoms with Crippen LogP contribution in [0.2, 0.25) is 10.0 Å². The number of amidine groups is 1. The van der Waals surface area contributed by atoms with Crippen molar-refractivity contribution >= 4 is 34.9 Å². The molecule has 0 radical (unpaired) electrons. The first kappa shape index (κ1) is 25.8. The van der Waals surface area contributed by atoms with Gasteiger partial charge in [0.15, 0.2) is 5.84 Å². The van der Waals surface area contributed by atoms with Gasteiger partial charge in [-0.2, -0.15) is 5.10 Å². The topological polar surface area (TPSA) is 57.2 Å².